The first-order valence-corrected chi connectivity index (χ1v) is 5.98. The van der Waals surface area contributed by atoms with Crippen molar-refractivity contribution in [1.82, 2.24) is 10.2 Å². The van der Waals surface area contributed by atoms with Crippen LogP contribution in [-0.4, -0.2) is 41.8 Å². The molecule has 0 radical (unpaired) electrons. The Balaban J connectivity index is 2.36. The van der Waals surface area contributed by atoms with Crippen LogP contribution < -0.4 is 5.32 Å². The highest BCUT2D eigenvalue weighted by atomic mass is 16.2. The van der Waals surface area contributed by atoms with Gasteiger partial charge in [0.2, 0.25) is 5.91 Å². The Morgan fingerprint density at radius 2 is 2.19 bits per heavy atom. The Morgan fingerprint density at radius 3 is 2.75 bits per heavy atom. The van der Waals surface area contributed by atoms with E-state index in [0.717, 1.165) is 19.4 Å². The lowest BCUT2D eigenvalue weighted by atomic mass is 10.0. The zero-order chi connectivity index (χ0) is 12.2. The molecular formula is C12H22N2O2. The quantitative estimate of drug-likeness (QED) is 0.776. The van der Waals surface area contributed by atoms with Gasteiger partial charge in [-0.3, -0.25) is 14.5 Å². The van der Waals surface area contributed by atoms with E-state index in [0.29, 0.717) is 19.5 Å². The van der Waals surface area contributed by atoms with Crippen LogP contribution >= 0.6 is 0 Å². The third-order valence-corrected chi connectivity index (χ3v) is 3.06. The molecule has 0 aromatic heterocycles. The van der Waals surface area contributed by atoms with Gasteiger partial charge in [-0.2, -0.15) is 0 Å². The van der Waals surface area contributed by atoms with Crippen molar-refractivity contribution in [2.75, 3.05) is 19.6 Å². The van der Waals surface area contributed by atoms with Crippen LogP contribution in [0.1, 0.15) is 40.0 Å². The molecule has 1 fully saturated rings. The van der Waals surface area contributed by atoms with Crippen LogP contribution in [-0.2, 0) is 9.59 Å². The fourth-order valence-corrected chi connectivity index (χ4v) is 1.75. The van der Waals surface area contributed by atoms with Crippen molar-refractivity contribution in [3.05, 3.63) is 0 Å². The Kier molecular flexibility index (Phi) is 4.47. The van der Waals surface area contributed by atoms with Gasteiger partial charge in [0.05, 0.1) is 13.1 Å². The summed E-state index contributed by atoms with van der Waals surface area (Å²) in [6.07, 6.45) is 2.44. The molecule has 1 N–H and O–H groups in total. The molecule has 0 unspecified atom stereocenters. The highest BCUT2D eigenvalue weighted by molar-refractivity contribution is 5.83. The summed E-state index contributed by atoms with van der Waals surface area (Å²) >= 11 is 0. The predicted molar refractivity (Wildman–Crippen MR) is 63.2 cm³/mol. The number of ketones is 1. The summed E-state index contributed by atoms with van der Waals surface area (Å²) in [5, 5.41) is 2.98. The highest BCUT2D eigenvalue weighted by Gasteiger charge is 2.22. The molecule has 1 aliphatic rings. The largest absolute Gasteiger partial charge is 0.350 e. The van der Waals surface area contributed by atoms with Crippen LogP contribution in [0.3, 0.4) is 0 Å². The first-order chi connectivity index (χ1) is 7.43. The normalized spacial score (nSPS) is 18.6. The zero-order valence-corrected chi connectivity index (χ0v) is 10.5. The smallest absolute Gasteiger partial charge is 0.234 e. The maximum absolute atomic E-state index is 11.7. The third kappa shape index (κ3) is 4.31. The van der Waals surface area contributed by atoms with Gasteiger partial charge in [-0.05, 0) is 33.2 Å². The maximum atomic E-state index is 11.7. The van der Waals surface area contributed by atoms with Gasteiger partial charge in [0.15, 0.2) is 0 Å². The number of hydrogen-bond donors (Lipinski definition) is 1. The Bertz CT molecular complexity index is 274. The van der Waals surface area contributed by atoms with Gasteiger partial charge in [-0.1, -0.05) is 6.92 Å². The van der Waals surface area contributed by atoms with E-state index in [-0.39, 0.29) is 17.2 Å². The van der Waals surface area contributed by atoms with Crippen molar-refractivity contribution in [2.45, 2.75) is 45.6 Å². The number of likely N-dealkylation sites (tertiary alicyclic amines) is 1. The standard InChI is InChI=1S/C12H22N2O2/c1-4-12(2,3)13-11(16)9-14-7-5-6-10(15)8-14/h4-9H2,1-3H3,(H,13,16). The fraction of sp³-hybridized carbons (Fsp3) is 0.833. The molecule has 92 valence electrons. The summed E-state index contributed by atoms with van der Waals surface area (Å²) in [6, 6.07) is 0. The second-order valence-electron chi connectivity index (χ2n) is 5.14. The molecule has 0 bridgehead atoms. The molecule has 1 rings (SSSR count). The first kappa shape index (κ1) is 13.2. The molecule has 0 atom stereocenters. The SMILES string of the molecule is CCC(C)(C)NC(=O)CN1CCCC(=O)C1. The molecule has 0 aliphatic carbocycles. The second kappa shape index (κ2) is 5.43. The summed E-state index contributed by atoms with van der Waals surface area (Å²) in [7, 11) is 0. The number of carbonyl (C=O) groups is 2. The minimum Gasteiger partial charge on any atom is -0.350 e. The van der Waals surface area contributed by atoms with E-state index in [1.54, 1.807) is 0 Å². The van der Waals surface area contributed by atoms with Crippen LogP contribution in [0.15, 0.2) is 0 Å². The van der Waals surface area contributed by atoms with E-state index in [9.17, 15) is 9.59 Å². The highest BCUT2D eigenvalue weighted by Crippen LogP contribution is 2.08. The van der Waals surface area contributed by atoms with E-state index in [1.807, 2.05) is 25.7 Å². The summed E-state index contributed by atoms with van der Waals surface area (Å²) in [5.74, 6) is 0.260. The van der Waals surface area contributed by atoms with Crippen molar-refractivity contribution in [3.63, 3.8) is 0 Å². The van der Waals surface area contributed by atoms with E-state index < -0.39 is 0 Å². The van der Waals surface area contributed by atoms with Gasteiger partial charge in [-0.25, -0.2) is 0 Å². The molecule has 4 nitrogen and oxygen atoms in total. The lowest BCUT2D eigenvalue weighted by Gasteiger charge is -2.28. The minimum absolute atomic E-state index is 0.0153. The van der Waals surface area contributed by atoms with Crippen molar-refractivity contribution in [2.24, 2.45) is 0 Å². The molecule has 0 aromatic carbocycles. The number of rotatable bonds is 4. The molecular weight excluding hydrogens is 204 g/mol. The second-order valence-corrected chi connectivity index (χ2v) is 5.14. The number of amides is 1. The molecule has 1 saturated heterocycles. The van der Waals surface area contributed by atoms with Gasteiger partial charge >= 0.3 is 0 Å². The zero-order valence-electron chi connectivity index (χ0n) is 10.5. The number of nitrogens with one attached hydrogen (secondary N) is 1. The number of Topliss-reactive ketones (excluding diaryl/α,β-unsaturated/α-hetero) is 1. The number of nitrogens with zero attached hydrogens (tertiary/aromatic N) is 1. The Labute approximate surface area is 97.4 Å². The van der Waals surface area contributed by atoms with Crippen molar-refractivity contribution < 1.29 is 9.59 Å². The third-order valence-electron chi connectivity index (χ3n) is 3.06. The molecule has 1 amide bonds. The number of carbonyl (C=O) groups excluding carboxylic acids is 2. The topological polar surface area (TPSA) is 49.4 Å². The minimum atomic E-state index is -0.156. The van der Waals surface area contributed by atoms with Crippen LogP contribution in [0.5, 0.6) is 0 Å². The summed E-state index contributed by atoms with van der Waals surface area (Å²) in [5.41, 5.74) is -0.156. The molecule has 0 aromatic rings. The average molecular weight is 226 g/mol. The first-order valence-electron chi connectivity index (χ1n) is 5.98. The molecule has 0 spiro atoms. The summed E-state index contributed by atoms with van der Waals surface area (Å²) < 4.78 is 0. The molecule has 16 heavy (non-hydrogen) atoms. The van der Waals surface area contributed by atoms with Crippen molar-refractivity contribution >= 4 is 11.7 Å². The van der Waals surface area contributed by atoms with E-state index in [2.05, 4.69) is 5.32 Å². The molecule has 0 saturated carbocycles. The lowest BCUT2D eigenvalue weighted by Crippen LogP contribution is -2.49. The van der Waals surface area contributed by atoms with E-state index >= 15 is 0 Å². The van der Waals surface area contributed by atoms with Crippen molar-refractivity contribution in [1.29, 1.82) is 0 Å². The van der Waals surface area contributed by atoms with Crippen LogP contribution in [0.4, 0.5) is 0 Å². The van der Waals surface area contributed by atoms with Crippen LogP contribution in [0, 0.1) is 0 Å². The lowest BCUT2D eigenvalue weighted by molar-refractivity contribution is -0.126. The predicted octanol–water partition coefficient (Wildman–Crippen LogP) is 0.956. The van der Waals surface area contributed by atoms with Gasteiger partial charge < -0.3 is 5.32 Å². The van der Waals surface area contributed by atoms with E-state index in [4.69, 9.17) is 0 Å². The Hall–Kier alpha value is -0.900. The number of hydrogen-bond acceptors (Lipinski definition) is 3. The molecule has 4 heteroatoms. The van der Waals surface area contributed by atoms with Gasteiger partial charge in [0.25, 0.3) is 0 Å². The maximum Gasteiger partial charge on any atom is 0.234 e. The summed E-state index contributed by atoms with van der Waals surface area (Å²) in [4.78, 5) is 24.9. The monoisotopic (exact) mass is 226 g/mol. The van der Waals surface area contributed by atoms with Gasteiger partial charge in [0.1, 0.15) is 5.78 Å². The molecule has 1 heterocycles. The Morgan fingerprint density at radius 1 is 1.50 bits per heavy atom. The van der Waals surface area contributed by atoms with Crippen LogP contribution in [0.2, 0.25) is 0 Å². The fourth-order valence-electron chi connectivity index (χ4n) is 1.75. The van der Waals surface area contributed by atoms with Crippen molar-refractivity contribution in [3.8, 4) is 0 Å². The van der Waals surface area contributed by atoms with Gasteiger partial charge in [0, 0.05) is 12.0 Å². The average Bonchev–Trinajstić information content (AvgIpc) is 2.16. The van der Waals surface area contributed by atoms with E-state index in [1.165, 1.54) is 0 Å². The van der Waals surface area contributed by atoms with Gasteiger partial charge in [-0.15, -0.1) is 0 Å². The van der Waals surface area contributed by atoms with Crippen LogP contribution in [0.25, 0.3) is 0 Å². The summed E-state index contributed by atoms with van der Waals surface area (Å²) in [6.45, 7) is 7.68. The number of piperidine rings is 1. The molecule has 1 aliphatic heterocycles.